The molecule has 3 aromatic rings. The number of rotatable bonds is 7. The van der Waals surface area contributed by atoms with Gasteiger partial charge in [-0.05, 0) is 47.9 Å². The molecule has 3 aromatic carbocycles. The fourth-order valence-corrected chi connectivity index (χ4v) is 3.57. The van der Waals surface area contributed by atoms with Gasteiger partial charge in [-0.1, -0.05) is 62.4 Å². The smallest absolute Gasteiger partial charge is 0.386 e. The Morgan fingerprint density at radius 3 is 1.38 bits per heavy atom. The number of hydrogen-bond donors (Lipinski definition) is 0. The first-order chi connectivity index (χ1) is 12.5. The molecule has 26 heavy (non-hydrogen) atoms. The molecule has 0 fully saturated rings. The number of hydrogen-bond acceptors (Lipinski definition) is 4. The standard InChI is InChI=1S/C21H21O4P/c1-17(2)18-13-15-21(16-14-18)25-26(22,23-19-9-5-3-6-10-19)24-20-11-7-4-8-12-20/h3-17H,1-2H3. The topological polar surface area (TPSA) is 44.8 Å². The summed E-state index contributed by atoms with van der Waals surface area (Å²) < 4.78 is 30.1. The van der Waals surface area contributed by atoms with Gasteiger partial charge in [0.15, 0.2) is 0 Å². The van der Waals surface area contributed by atoms with Gasteiger partial charge in [0.2, 0.25) is 0 Å². The van der Waals surface area contributed by atoms with Gasteiger partial charge in [-0.25, -0.2) is 0 Å². The molecule has 0 atom stereocenters. The van der Waals surface area contributed by atoms with Crippen molar-refractivity contribution < 1.29 is 18.1 Å². The molecule has 0 heterocycles. The monoisotopic (exact) mass is 368 g/mol. The Labute approximate surface area is 154 Å². The van der Waals surface area contributed by atoms with E-state index in [1.165, 1.54) is 5.56 Å². The lowest BCUT2D eigenvalue weighted by atomic mass is 10.0. The van der Waals surface area contributed by atoms with Crippen LogP contribution >= 0.6 is 7.82 Å². The zero-order valence-electron chi connectivity index (χ0n) is 14.7. The molecule has 0 aromatic heterocycles. The Morgan fingerprint density at radius 2 is 1.00 bits per heavy atom. The van der Waals surface area contributed by atoms with E-state index in [2.05, 4.69) is 13.8 Å². The van der Waals surface area contributed by atoms with Crippen molar-refractivity contribution in [3.8, 4) is 17.2 Å². The average molecular weight is 368 g/mol. The zero-order chi connectivity index (χ0) is 18.4. The average Bonchev–Trinajstić information content (AvgIpc) is 2.63. The summed E-state index contributed by atoms with van der Waals surface area (Å²) in [5.74, 6) is 1.64. The van der Waals surface area contributed by atoms with E-state index in [0.29, 0.717) is 23.2 Å². The second kappa shape index (κ2) is 8.11. The fourth-order valence-electron chi connectivity index (χ4n) is 2.32. The summed E-state index contributed by atoms with van der Waals surface area (Å²) in [7, 11) is -3.92. The summed E-state index contributed by atoms with van der Waals surface area (Å²) in [6, 6.07) is 25.1. The lowest BCUT2D eigenvalue weighted by Gasteiger charge is -2.19. The summed E-state index contributed by atoms with van der Waals surface area (Å²) in [5.41, 5.74) is 1.17. The maximum absolute atomic E-state index is 13.3. The zero-order valence-corrected chi connectivity index (χ0v) is 15.6. The van der Waals surface area contributed by atoms with Crippen LogP contribution in [0.1, 0.15) is 25.3 Å². The molecule has 0 N–H and O–H groups in total. The van der Waals surface area contributed by atoms with Crippen LogP contribution in [0.5, 0.6) is 17.2 Å². The quantitative estimate of drug-likeness (QED) is 0.449. The molecule has 0 amide bonds. The third kappa shape index (κ3) is 4.90. The lowest BCUT2D eigenvalue weighted by molar-refractivity contribution is 0.298. The molecule has 0 unspecified atom stereocenters. The maximum Gasteiger partial charge on any atom is 0.647 e. The molecule has 0 aliphatic rings. The molecule has 4 nitrogen and oxygen atoms in total. The Kier molecular flexibility index (Phi) is 5.65. The first-order valence-corrected chi connectivity index (χ1v) is 9.89. The van der Waals surface area contributed by atoms with Crippen molar-refractivity contribution in [2.24, 2.45) is 0 Å². The maximum atomic E-state index is 13.3. The predicted octanol–water partition coefficient (Wildman–Crippen LogP) is 6.45. The Hall–Kier alpha value is -2.71. The molecule has 0 radical (unpaired) electrons. The number of phosphoric ester groups is 1. The van der Waals surface area contributed by atoms with Gasteiger partial charge in [0.05, 0.1) is 0 Å². The highest BCUT2D eigenvalue weighted by Gasteiger charge is 2.33. The van der Waals surface area contributed by atoms with E-state index >= 15 is 0 Å². The summed E-state index contributed by atoms with van der Waals surface area (Å²) >= 11 is 0. The van der Waals surface area contributed by atoms with E-state index in [9.17, 15) is 4.57 Å². The van der Waals surface area contributed by atoms with Crippen molar-refractivity contribution in [2.75, 3.05) is 0 Å². The molecule has 0 aliphatic heterocycles. The van der Waals surface area contributed by atoms with Crippen LogP contribution in [0.4, 0.5) is 0 Å². The second-order valence-corrected chi connectivity index (χ2v) is 7.51. The molecule has 0 saturated heterocycles. The Morgan fingerprint density at radius 1 is 0.615 bits per heavy atom. The molecule has 0 bridgehead atoms. The van der Waals surface area contributed by atoms with Crippen LogP contribution in [0.25, 0.3) is 0 Å². The molecule has 0 aliphatic carbocycles. The van der Waals surface area contributed by atoms with Crippen LogP contribution < -0.4 is 13.6 Å². The van der Waals surface area contributed by atoms with Crippen molar-refractivity contribution in [3.05, 3.63) is 90.5 Å². The minimum absolute atomic E-state index is 0.400. The summed E-state index contributed by atoms with van der Waals surface area (Å²) in [6.07, 6.45) is 0. The van der Waals surface area contributed by atoms with Crippen molar-refractivity contribution in [3.63, 3.8) is 0 Å². The summed E-state index contributed by atoms with van der Waals surface area (Å²) in [5, 5.41) is 0. The van der Waals surface area contributed by atoms with Crippen LogP contribution in [-0.4, -0.2) is 0 Å². The van der Waals surface area contributed by atoms with Gasteiger partial charge in [0.25, 0.3) is 0 Å². The molecule has 5 heteroatoms. The number of para-hydroxylation sites is 2. The largest absolute Gasteiger partial charge is 0.647 e. The molecular weight excluding hydrogens is 347 g/mol. The van der Waals surface area contributed by atoms with Crippen LogP contribution in [0.15, 0.2) is 84.9 Å². The van der Waals surface area contributed by atoms with Gasteiger partial charge in [0, 0.05) is 0 Å². The highest BCUT2D eigenvalue weighted by molar-refractivity contribution is 7.49. The predicted molar refractivity (Wildman–Crippen MR) is 103 cm³/mol. The number of benzene rings is 3. The van der Waals surface area contributed by atoms with E-state index in [1.807, 2.05) is 24.3 Å². The third-order valence-corrected chi connectivity index (χ3v) is 4.99. The van der Waals surface area contributed by atoms with E-state index in [-0.39, 0.29) is 0 Å². The minimum Gasteiger partial charge on any atom is -0.386 e. The Bertz CT molecular complexity index is 816. The van der Waals surface area contributed by atoms with Crippen molar-refractivity contribution in [1.29, 1.82) is 0 Å². The van der Waals surface area contributed by atoms with E-state index in [4.69, 9.17) is 13.6 Å². The van der Waals surface area contributed by atoms with Gasteiger partial charge in [-0.15, -0.1) is 0 Å². The summed E-state index contributed by atoms with van der Waals surface area (Å²) in [6.45, 7) is 4.22. The second-order valence-electron chi connectivity index (χ2n) is 6.07. The van der Waals surface area contributed by atoms with Gasteiger partial charge in [-0.2, -0.15) is 4.57 Å². The van der Waals surface area contributed by atoms with Crippen molar-refractivity contribution in [2.45, 2.75) is 19.8 Å². The van der Waals surface area contributed by atoms with Gasteiger partial charge in [-0.3, -0.25) is 0 Å². The highest BCUT2D eigenvalue weighted by atomic mass is 31.2. The van der Waals surface area contributed by atoms with E-state index in [0.717, 1.165) is 0 Å². The van der Waals surface area contributed by atoms with Crippen LogP contribution in [-0.2, 0) is 4.57 Å². The molecule has 3 rings (SSSR count). The SMILES string of the molecule is CC(C)c1ccc(OP(=O)(Oc2ccccc2)Oc2ccccc2)cc1. The minimum atomic E-state index is -3.92. The lowest BCUT2D eigenvalue weighted by Crippen LogP contribution is -2.07. The van der Waals surface area contributed by atoms with Crippen LogP contribution in [0.2, 0.25) is 0 Å². The van der Waals surface area contributed by atoms with Crippen molar-refractivity contribution >= 4 is 7.82 Å². The molecular formula is C21H21O4P. The van der Waals surface area contributed by atoms with Gasteiger partial charge < -0.3 is 13.6 Å². The number of phosphoric acid groups is 1. The fraction of sp³-hybridized carbons (Fsp3) is 0.143. The summed E-state index contributed by atoms with van der Waals surface area (Å²) in [4.78, 5) is 0. The van der Waals surface area contributed by atoms with Crippen molar-refractivity contribution in [1.82, 2.24) is 0 Å². The third-order valence-electron chi connectivity index (χ3n) is 3.68. The van der Waals surface area contributed by atoms with Gasteiger partial charge >= 0.3 is 7.82 Å². The first kappa shape index (κ1) is 18.1. The molecule has 0 saturated carbocycles. The van der Waals surface area contributed by atoms with Crippen LogP contribution in [0, 0.1) is 0 Å². The first-order valence-electron chi connectivity index (χ1n) is 8.43. The Balaban J connectivity index is 1.85. The van der Waals surface area contributed by atoms with Gasteiger partial charge in [0.1, 0.15) is 17.2 Å². The van der Waals surface area contributed by atoms with E-state index in [1.54, 1.807) is 60.7 Å². The molecule has 0 spiro atoms. The van der Waals surface area contributed by atoms with E-state index < -0.39 is 7.82 Å². The highest BCUT2D eigenvalue weighted by Crippen LogP contribution is 2.49. The normalized spacial score (nSPS) is 11.2. The molecule has 134 valence electrons. The van der Waals surface area contributed by atoms with Crippen LogP contribution in [0.3, 0.4) is 0 Å².